The summed E-state index contributed by atoms with van der Waals surface area (Å²) in [5, 5.41) is 0. The van der Waals surface area contributed by atoms with E-state index in [9.17, 15) is 4.79 Å². The van der Waals surface area contributed by atoms with Gasteiger partial charge in [0.2, 0.25) is 5.91 Å². The number of carbonyl (C=O) groups is 1. The molecule has 2 aromatic rings. The number of imidazole rings is 1. The fourth-order valence-electron chi connectivity index (χ4n) is 3.21. The van der Waals surface area contributed by atoms with Crippen LogP contribution in [-0.2, 0) is 11.3 Å². The molecule has 1 unspecified atom stereocenters. The van der Waals surface area contributed by atoms with E-state index < -0.39 is 0 Å². The van der Waals surface area contributed by atoms with Gasteiger partial charge in [0.15, 0.2) is 0 Å². The molecule has 112 valence electrons. The van der Waals surface area contributed by atoms with Gasteiger partial charge in [0.1, 0.15) is 5.82 Å². The lowest BCUT2D eigenvalue weighted by atomic mass is 10.1. The second kappa shape index (κ2) is 5.51. The molecule has 3 rings (SSSR count). The molecule has 0 bridgehead atoms. The van der Waals surface area contributed by atoms with Crippen LogP contribution in [0.4, 0.5) is 0 Å². The van der Waals surface area contributed by atoms with Crippen molar-refractivity contribution in [2.45, 2.75) is 39.7 Å². The van der Waals surface area contributed by atoms with E-state index in [2.05, 4.69) is 36.6 Å². The average molecular weight is 285 g/mol. The Morgan fingerprint density at radius 1 is 1.33 bits per heavy atom. The number of benzene rings is 1. The zero-order chi connectivity index (χ0) is 15.0. The molecule has 1 saturated heterocycles. The van der Waals surface area contributed by atoms with E-state index in [1.807, 2.05) is 17.9 Å². The summed E-state index contributed by atoms with van der Waals surface area (Å²) >= 11 is 0. The van der Waals surface area contributed by atoms with Gasteiger partial charge in [0.05, 0.1) is 11.0 Å². The van der Waals surface area contributed by atoms with Crippen LogP contribution in [0.1, 0.15) is 38.9 Å². The van der Waals surface area contributed by atoms with Gasteiger partial charge >= 0.3 is 0 Å². The molecule has 1 aromatic carbocycles. The Morgan fingerprint density at radius 2 is 2.10 bits per heavy atom. The normalized spacial score (nSPS) is 19.1. The minimum atomic E-state index is 0.226. The van der Waals surface area contributed by atoms with Gasteiger partial charge in [0.25, 0.3) is 0 Å². The van der Waals surface area contributed by atoms with Gasteiger partial charge in [-0.05, 0) is 25.0 Å². The fourth-order valence-corrected chi connectivity index (χ4v) is 3.21. The Kier molecular flexibility index (Phi) is 3.70. The molecule has 2 heterocycles. The van der Waals surface area contributed by atoms with Crippen LogP contribution in [0.15, 0.2) is 24.3 Å². The number of nitrogens with zero attached hydrogens (tertiary/aromatic N) is 3. The van der Waals surface area contributed by atoms with Gasteiger partial charge in [-0.3, -0.25) is 4.79 Å². The summed E-state index contributed by atoms with van der Waals surface area (Å²) < 4.78 is 2.32. The van der Waals surface area contributed by atoms with E-state index in [4.69, 9.17) is 4.98 Å². The molecule has 1 aromatic heterocycles. The molecule has 1 amide bonds. The summed E-state index contributed by atoms with van der Waals surface area (Å²) in [5.41, 5.74) is 2.22. The van der Waals surface area contributed by atoms with Crippen molar-refractivity contribution < 1.29 is 4.79 Å². The van der Waals surface area contributed by atoms with E-state index in [0.717, 1.165) is 31.0 Å². The SMILES string of the molecule is CCN1CC(c2nc3ccccc3n2CC(C)C)CC1=O. The average Bonchev–Trinajstić information content (AvgIpc) is 2.99. The van der Waals surface area contributed by atoms with E-state index >= 15 is 0 Å². The summed E-state index contributed by atoms with van der Waals surface area (Å²) in [4.78, 5) is 18.8. The van der Waals surface area contributed by atoms with E-state index in [1.165, 1.54) is 5.52 Å². The highest BCUT2D eigenvalue weighted by molar-refractivity contribution is 5.80. The smallest absolute Gasteiger partial charge is 0.223 e. The maximum Gasteiger partial charge on any atom is 0.223 e. The number of hydrogen-bond donors (Lipinski definition) is 0. The minimum absolute atomic E-state index is 0.226. The third kappa shape index (κ3) is 2.55. The first kappa shape index (κ1) is 14.1. The van der Waals surface area contributed by atoms with Crippen molar-refractivity contribution in [1.82, 2.24) is 14.5 Å². The van der Waals surface area contributed by atoms with E-state index in [0.29, 0.717) is 12.3 Å². The first-order valence-corrected chi connectivity index (χ1v) is 7.83. The molecule has 0 saturated carbocycles. The van der Waals surface area contributed by atoms with Crippen LogP contribution in [0, 0.1) is 5.92 Å². The topological polar surface area (TPSA) is 38.1 Å². The molecule has 1 aliphatic rings. The highest BCUT2D eigenvalue weighted by Gasteiger charge is 2.33. The summed E-state index contributed by atoms with van der Waals surface area (Å²) in [7, 11) is 0. The number of amides is 1. The number of rotatable bonds is 4. The lowest BCUT2D eigenvalue weighted by molar-refractivity contribution is -0.127. The lowest BCUT2D eigenvalue weighted by Crippen LogP contribution is -2.24. The first-order chi connectivity index (χ1) is 10.1. The largest absolute Gasteiger partial charge is 0.342 e. The Hall–Kier alpha value is -1.84. The number of aromatic nitrogens is 2. The zero-order valence-electron chi connectivity index (χ0n) is 13.0. The standard InChI is InChI=1S/C17H23N3O/c1-4-19-11-13(9-16(19)21)17-18-14-7-5-6-8-15(14)20(17)10-12(2)3/h5-8,12-13H,4,9-11H2,1-3H3. The zero-order valence-corrected chi connectivity index (χ0v) is 13.0. The van der Waals surface area contributed by atoms with Gasteiger partial charge < -0.3 is 9.47 Å². The number of hydrogen-bond acceptors (Lipinski definition) is 2. The molecule has 4 nitrogen and oxygen atoms in total. The molecular weight excluding hydrogens is 262 g/mol. The van der Waals surface area contributed by atoms with Gasteiger partial charge in [0, 0.05) is 32.0 Å². The maximum absolute atomic E-state index is 12.0. The summed E-state index contributed by atoms with van der Waals surface area (Å²) in [6, 6.07) is 8.27. The quantitative estimate of drug-likeness (QED) is 0.866. The van der Waals surface area contributed by atoms with Crippen LogP contribution in [0.3, 0.4) is 0 Å². The van der Waals surface area contributed by atoms with Crippen molar-refractivity contribution in [3.05, 3.63) is 30.1 Å². The number of likely N-dealkylation sites (tertiary alicyclic amines) is 1. The molecule has 21 heavy (non-hydrogen) atoms. The van der Waals surface area contributed by atoms with Crippen LogP contribution in [0.25, 0.3) is 11.0 Å². The van der Waals surface area contributed by atoms with Gasteiger partial charge in [-0.25, -0.2) is 4.98 Å². The van der Waals surface area contributed by atoms with Gasteiger partial charge in [-0.1, -0.05) is 26.0 Å². The highest BCUT2D eigenvalue weighted by atomic mass is 16.2. The van der Waals surface area contributed by atoms with Crippen molar-refractivity contribution in [2.24, 2.45) is 5.92 Å². The molecule has 1 aliphatic heterocycles. The van der Waals surface area contributed by atoms with Crippen LogP contribution in [-0.4, -0.2) is 33.4 Å². The van der Waals surface area contributed by atoms with Crippen molar-refractivity contribution in [1.29, 1.82) is 0 Å². The predicted octanol–water partition coefficient (Wildman–Crippen LogP) is 3.03. The number of carbonyl (C=O) groups excluding carboxylic acids is 1. The van der Waals surface area contributed by atoms with E-state index in [-0.39, 0.29) is 11.8 Å². The molecule has 0 spiro atoms. The van der Waals surface area contributed by atoms with Crippen LogP contribution >= 0.6 is 0 Å². The third-order valence-corrected chi connectivity index (χ3v) is 4.19. The Bertz CT molecular complexity index is 659. The van der Waals surface area contributed by atoms with Crippen molar-refractivity contribution in [3.63, 3.8) is 0 Å². The highest BCUT2D eigenvalue weighted by Crippen LogP contribution is 2.30. The summed E-state index contributed by atoms with van der Waals surface area (Å²) in [6.45, 7) is 9.02. The summed E-state index contributed by atoms with van der Waals surface area (Å²) in [5.74, 6) is 2.11. The number of fused-ring (bicyclic) bond motifs is 1. The second-order valence-electron chi connectivity index (χ2n) is 6.30. The van der Waals surface area contributed by atoms with Gasteiger partial charge in [-0.2, -0.15) is 0 Å². The van der Waals surface area contributed by atoms with Crippen LogP contribution in [0.5, 0.6) is 0 Å². The van der Waals surface area contributed by atoms with Crippen molar-refractivity contribution in [2.75, 3.05) is 13.1 Å². The predicted molar refractivity (Wildman–Crippen MR) is 84.2 cm³/mol. The first-order valence-electron chi connectivity index (χ1n) is 7.83. The van der Waals surface area contributed by atoms with Gasteiger partial charge in [-0.15, -0.1) is 0 Å². The molecule has 1 atom stereocenters. The molecular formula is C17H23N3O. The number of para-hydroxylation sites is 2. The maximum atomic E-state index is 12.0. The summed E-state index contributed by atoms with van der Waals surface area (Å²) in [6.07, 6.45) is 0.593. The van der Waals surface area contributed by atoms with Crippen LogP contribution < -0.4 is 0 Å². The molecule has 0 aliphatic carbocycles. The molecule has 4 heteroatoms. The second-order valence-corrected chi connectivity index (χ2v) is 6.30. The fraction of sp³-hybridized carbons (Fsp3) is 0.529. The molecule has 1 fully saturated rings. The van der Waals surface area contributed by atoms with Crippen molar-refractivity contribution >= 4 is 16.9 Å². The molecule has 0 radical (unpaired) electrons. The number of likely N-dealkylation sites (N-methyl/N-ethyl adjacent to an activating group) is 1. The minimum Gasteiger partial charge on any atom is -0.342 e. The van der Waals surface area contributed by atoms with E-state index in [1.54, 1.807) is 0 Å². The van der Waals surface area contributed by atoms with Crippen LogP contribution in [0.2, 0.25) is 0 Å². The Balaban J connectivity index is 2.03. The monoisotopic (exact) mass is 285 g/mol. The molecule has 0 N–H and O–H groups in total. The lowest BCUT2D eigenvalue weighted by Gasteiger charge is -2.16. The van der Waals surface area contributed by atoms with Crippen molar-refractivity contribution in [3.8, 4) is 0 Å². The Labute approximate surface area is 125 Å². The Morgan fingerprint density at radius 3 is 2.76 bits per heavy atom. The third-order valence-electron chi connectivity index (χ3n) is 4.19.